The molecule has 4 rings (SSSR count). The first-order valence-electron chi connectivity index (χ1n) is 9.67. The molecule has 156 valence electrons. The van der Waals surface area contributed by atoms with Crippen LogP contribution in [0.25, 0.3) is 17.1 Å². The van der Waals surface area contributed by atoms with Gasteiger partial charge in [0.15, 0.2) is 11.5 Å². The third-order valence-corrected chi connectivity index (χ3v) is 5.33. The van der Waals surface area contributed by atoms with E-state index in [0.717, 1.165) is 5.69 Å². The average Bonchev–Trinajstić information content (AvgIpc) is 3.44. The van der Waals surface area contributed by atoms with E-state index in [9.17, 15) is 9.59 Å². The summed E-state index contributed by atoms with van der Waals surface area (Å²) in [5.41, 5.74) is 1.81. The van der Waals surface area contributed by atoms with Crippen molar-refractivity contribution in [1.29, 1.82) is 0 Å². The molecule has 2 aromatic heterocycles. The van der Waals surface area contributed by atoms with E-state index in [0.29, 0.717) is 54.9 Å². The quantitative estimate of drug-likeness (QED) is 0.675. The second kappa shape index (κ2) is 8.73. The third-order valence-electron chi connectivity index (χ3n) is 5.08. The van der Waals surface area contributed by atoms with E-state index in [2.05, 4.69) is 10.4 Å². The van der Waals surface area contributed by atoms with E-state index in [4.69, 9.17) is 16.0 Å². The van der Waals surface area contributed by atoms with Crippen LogP contribution in [0.5, 0.6) is 0 Å². The molecule has 2 amide bonds. The van der Waals surface area contributed by atoms with E-state index in [1.54, 1.807) is 47.2 Å². The highest BCUT2D eigenvalue weighted by Gasteiger charge is 2.26. The van der Waals surface area contributed by atoms with Gasteiger partial charge in [0.05, 0.1) is 18.5 Å². The molecule has 1 saturated heterocycles. The summed E-state index contributed by atoms with van der Waals surface area (Å²) in [6, 6.07) is 12.6. The van der Waals surface area contributed by atoms with Crippen LogP contribution < -0.4 is 5.32 Å². The first kappa shape index (κ1) is 20.2. The van der Waals surface area contributed by atoms with Crippen LogP contribution >= 0.6 is 11.6 Å². The monoisotopic (exact) mass is 427 g/mol. The molecule has 1 aliphatic rings. The van der Waals surface area contributed by atoms with Crippen molar-refractivity contribution in [2.75, 3.05) is 39.8 Å². The van der Waals surface area contributed by atoms with Crippen molar-refractivity contribution in [3.63, 3.8) is 0 Å². The Morgan fingerprint density at radius 1 is 1.13 bits per heavy atom. The van der Waals surface area contributed by atoms with Crippen LogP contribution in [-0.2, 0) is 4.79 Å². The lowest BCUT2D eigenvalue weighted by Gasteiger charge is -2.33. The number of hydrogen-bond acceptors (Lipinski definition) is 5. The van der Waals surface area contributed by atoms with Crippen LogP contribution in [0.4, 0.5) is 0 Å². The maximum Gasteiger partial charge on any atom is 0.274 e. The summed E-state index contributed by atoms with van der Waals surface area (Å²) in [5.74, 6) is 0.446. The average molecular weight is 428 g/mol. The fourth-order valence-corrected chi connectivity index (χ4v) is 3.54. The summed E-state index contributed by atoms with van der Waals surface area (Å²) in [6.45, 7) is 2.70. The standard InChI is InChI=1S/C21H22ClN5O3/c1-23-20(28)14-25-8-10-26(11-9-25)21(29)17-13-18(19-3-2-12-30-19)27(24-17)16-6-4-15(22)5-7-16/h2-7,12-13H,8-11,14H2,1H3,(H,23,28). The molecule has 1 aliphatic heterocycles. The largest absolute Gasteiger partial charge is 0.463 e. The first-order valence-corrected chi connectivity index (χ1v) is 10.0. The molecular formula is C21H22ClN5O3. The summed E-state index contributed by atoms with van der Waals surface area (Å²) >= 11 is 6.01. The Balaban J connectivity index is 1.56. The molecule has 0 unspecified atom stereocenters. The highest BCUT2D eigenvalue weighted by Crippen LogP contribution is 2.26. The predicted octanol–water partition coefficient (Wildman–Crippen LogP) is 2.29. The number of furan rings is 1. The lowest BCUT2D eigenvalue weighted by atomic mass is 10.2. The molecule has 1 fully saturated rings. The topological polar surface area (TPSA) is 83.6 Å². The molecule has 0 bridgehead atoms. The van der Waals surface area contributed by atoms with Gasteiger partial charge in [-0.3, -0.25) is 14.5 Å². The van der Waals surface area contributed by atoms with Crippen molar-refractivity contribution >= 4 is 23.4 Å². The van der Waals surface area contributed by atoms with Crippen molar-refractivity contribution in [2.24, 2.45) is 0 Å². The number of nitrogens with one attached hydrogen (secondary N) is 1. The number of likely N-dealkylation sites (N-methyl/N-ethyl adjacent to an activating group) is 1. The number of hydrogen-bond donors (Lipinski definition) is 1. The highest BCUT2D eigenvalue weighted by atomic mass is 35.5. The minimum absolute atomic E-state index is 0.0282. The second-order valence-corrected chi connectivity index (χ2v) is 7.46. The van der Waals surface area contributed by atoms with Crippen molar-refractivity contribution in [3.05, 3.63) is 59.4 Å². The van der Waals surface area contributed by atoms with Gasteiger partial charge in [-0.25, -0.2) is 4.68 Å². The van der Waals surface area contributed by atoms with Gasteiger partial charge in [-0.05, 0) is 36.4 Å². The Hall–Kier alpha value is -3.10. The summed E-state index contributed by atoms with van der Waals surface area (Å²) in [4.78, 5) is 28.5. The van der Waals surface area contributed by atoms with Crippen molar-refractivity contribution in [1.82, 2.24) is 24.9 Å². The number of aromatic nitrogens is 2. The van der Waals surface area contributed by atoms with Crippen LogP contribution in [0.1, 0.15) is 10.5 Å². The third kappa shape index (κ3) is 4.24. The zero-order chi connectivity index (χ0) is 21.1. The number of piperazine rings is 1. The summed E-state index contributed by atoms with van der Waals surface area (Å²) in [6.07, 6.45) is 1.59. The smallest absolute Gasteiger partial charge is 0.274 e. The van der Waals surface area contributed by atoms with Crippen molar-refractivity contribution in [2.45, 2.75) is 0 Å². The zero-order valence-electron chi connectivity index (χ0n) is 16.5. The Morgan fingerprint density at radius 3 is 2.50 bits per heavy atom. The molecule has 1 N–H and O–H groups in total. The summed E-state index contributed by atoms with van der Waals surface area (Å²) in [5, 5.41) is 7.81. The van der Waals surface area contributed by atoms with E-state index < -0.39 is 0 Å². The predicted molar refractivity (Wildman–Crippen MR) is 113 cm³/mol. The zero-order valence-corrected chi connectivity index (χ0v) is 17.3. The van der Waals surface area contributed by atoms with Gasteiger partial charge < -0.3 is 14.6 Å². The summed E-state index contributed by atoms with van der Waals surface area (Å²) < 4.78 is 7.23. The minimum Gasteiger partial charge on any atom is -0.463 e. The van der Waals surface area contributed by atoms with Crippen LogP contribution in [0.2, 0.25) is 5.02 Å². The fraction of sp³-hybridized carbons (Fsp3) is 0.286. The normalized spacial score (nSPS) is 14.7. The highest BCUT2D eigenvalue weighted by molar-refractivity contribution is 6.30. The lowest BCUT2D eigenvalue weighted by molar-refractivity contribution is -0.122. The van der Waals surface area contributed by atoms with Crippen molar-refractivity contribution < 1.29 is 14.0 Å². The van der Waals surface area contributed by atoms with Gasteiger partial charge in [-0.1, -0.05) is 11.6 Å². The van der Waals surface area contributed by atoms with E-state index in [1.165, 1.54) is 0 Å². The molecule has 3 aromatic rings. The molecule has 30 heavy (non-hydrogen) atoms. The van der Waals surface area contributed by atoms with Crippen molar-refractivity contribution in [3.8, 4) is 17.1 Å². The number of carbonyl (C=O) groups excluding carboxylic acids is 2. The Labute approximate surface area is 179 Å². The molecule has 0 atom stereocenters. The Bertz CT molecular complexity index is 1020. The van der Waals surface area contributed by atoms with Gasteiger partial charge in [0, 0.05) is 44.3 Å². The summed E-state index contributed by atoms with van der Waals surface area (Å²) in [7, 11) is 1.62. The maximum absolute atomic E-state index is 13.1. The van der Waals surface area contributed by atoms with Gasteiger partial charge in [0.1, 0.15) is 5.69 Å². The molecule has 0 spiro atoms. The van der Waals surface area contributed by atoms with Gasteiger partial charge in [-0.2, -0.15) is 5.10 Å². The van der Waals surface area contributed by atoms with Gasteiger partial charge in [0.2, 0.25) is 5.91 Å². The number of halogens is 1. The number of carbonyl (C=O) groups is 2. The number of rotatable bonds is 5. The van der Waals surface area contributed by atoms with Gasteiger partial charge >= 0.3 is 0 Å². The number of nitrogens with zero attached hydrogens (tertiary/aromatic N) is 4. The molecule has 8 nitrogen and oxygen atoms in total. The minimum atomic E-state index is -0.143. The van der Waals surface area contributed by atoms with Crippen LogP contribution in [0.3, 0.4) is 0 Å². The maximum atomic E-state index is 13.1. The van der Waals surface area contributed by atoms with E-state index in [1.807, 2.05) is 23.1 Å². The molecule has 3 heterocycles. The number of benzene rings is 1. The number of amides is 2. The van der Waals surface area contributed by atoms with Gasteiger partial charge in [-0.15, -0.1) is 0 Å². The Morgan fingerprint density at radius 2 is 1.87 bits per heavy atom. The first-order chi connectivity index (χ1) is 14.5. The molecule has 0 radical (unpaired) electrons. The van der Waals surface area contributed by atoms with Crippen LogP contribution in [-0.4, -0.2) is 71.2 Å². The molecular weight excluding hydrogens is 406 g/mol. The van der Waals surface area contributed by atoms with Gasteiger partial charge in [0.25, 0.3) is 5.91 Å². The second-order valence-electron chi connectivity index (χ2n) is 7.02. The van der Waals surface area contributed by atoms with E-state index in [-0.39, 0.29) is 11.8 Å². The molecule has 0 aliphatic carbocycles. The van der Waals surface area contributed by atoms with Crippen LogP contribution in [0, 0.1) is 0 Å². The SMILES string of the molecule is CNC(=O)CN1CCN(C(=O)c2cc(-c3ccco3)n(-c3ccc(Cl)cc3)n2)CC1. The Kier molecular flexibility index (Phi) is 5.87. The fourth-order valence-electron chi connectivity index (χ4n) is 3.42. The molecule has 0 saturated carbocycles. The van der Waals surface area contributed by atoms with E-state index >= 15 is 0 Å². The lowest BCUT2D eigenvalue weighted by Crippen LogP contribution is -2.51. The van der Waals surface area contributed by atoms with Crippen LogP contribution in [0.15, 0.2) is 53.1 Å². The molecule has 1 aromatic carbocycles. The molecule has 9 heteroatoms.